The lowest BCUT2D eigenvalue weighted by molar-refractivity contribution is 0.0702. The van der Waals surface area contributed by atoms with Crippen molar-refractivity contribution in [1.82, 2.24) is 19.7 Å². The lowest BCUT2D eigenvalue weighted by Crippen LogP contribution is -2.39. The van der Waals surface area contributed by atoms with Crippen LogP contribution in [0.3, 0.4) is 0 Å². The van der Waals surface area contributed by atoms with Crippen LogP contribution in [0.15, 0.2) is 23.4 Å². The first-order valence-electron chi connectivity index (χ1n) is 8.87. The number of hydrogen-bond acceptors (Lipinski definition) is 6. The monoisotopic (exact) mass is 374 g/mol. The van der Waals surface area contributed by atoms with Crippen molar-refractivity contribution in [2.75, 3.05) is 26.1 Å². The maximum Gasteiger partial charge on any atom is 0.254 e. The van der Waals surface area contributed by atoms with Gasteiger partial charge in [-0.3, -0.25) is 4.79 Å². The third-order valence-electron chi connectivity index (χ3n) is 4.94. The van der Waals surface area contributed by atoms with E-state index in [1.807, 2.05) is 11.2 Å². The highest BCUT2D eigenvalue weighted by molar-refractivity contribution is 7.98. The lowest BCUT2D eigenvalue weighted by Gasteiger charge is -2.32. The molecular weight excluding hydrogens is 352 g/mol. The average molecular weight is 374 g/mol. The summed E-state index contributed by atoms with van der Waals surface area (Å²) in [5, 5.41) is 9.64. The van der Waals surface area contributed by atoms with Crippen LogP contribution < -0.4 is 9.47 Å². The van der Waals surface area contributed by atoms with Gasteiger partial charge in [0, 0.05) is 31.1 Å². The van der Waals surface area contributed by atoms with Crippen molar-refractivity contribution in [3.05, 3.63) is 29.6 Å². The van der Waals surface area contributed by atoms with Crippen LogP contribution in [0.5, 0.6) is 11.5 Å². The van der Waals surface area contributed by atoms with Gasteiger partial charge in [-0.05, 0) is 44.2 Å². The number of ether oxygens (including phenoxy) is 2. The maximum absolute atomic E-state index is 13.0. The molecule has 138 valence electrons. The van der Waals surface area contributed by atoms with E-state index in [2.05, 4.69) is 21.7 Å². The van der Waals surface area contributed by atoms with E-state index in [4.69, 9.17) is 9.47 Å². The number of hydrogen-bond donors (Lipinski definition) is 0. The zero-order valence-electron chi connectivity index (χ0n) is 15.0. The molecule has 2 aliphatic rings. The number of carbonyl (C=O) groups is 1. The maximum atomic E-state index is 13.0. The summed E-state index contributed by atoms with van der Waals surface area (Å²) in [6.45, 7) is 4.58. The van der Waals surface area contributed by atoms with Crippen LogP contribution in [-0.2, 0) is 6.54 Å². The minimum Gasteiger partial charge on any atom is -0.454 e. The second kappa shape index (κ2) is 7.19. The summed E-state index contributed by atoms with van der Waals surface area (Å²) in [5.74, 6) is 2.56. The molecule has 1 fully saturated rings. The molecular formula is C18H22N4O3S. The van der Waals surface area contributed by atoms with Gasteiger partial charge in [0.25, 0.3) is 5.91 Å². The molecule has 4 rings (SSSR count). The molecule has 8 heteroatoms. The Bertz CT molecular complexity index is 823. The van der Waals surface area contributed by atoms with Crippen LogP contribution in [0.2, 0.25) is 0 Å². The lowest BCUT2D eigenvalue weighted by atomic mass is 9.96. The van der Waals surface area contributed by atoms with Crippen molar-refractivity contribution in [1.29, 1.82) is 0 Å². The Balaban J connectivity index is 1.53. The number of amides is 1. The van der Waals surface area contributed by atoms with E-state index < -0.39 is 0 Å². The van der Waals surface area contributed by atoms with E-state index in [0.29, 0.717) is 23.6 Å². The van der Waals surface area contributed by atoms with E-state index in [9.17, 15) is 4.79 Å². The SMILES string of the molecule is CCn1c(SC)nnc1C1CCCN(C(=O)c2ccc3c(c2)OCO3)C1. The molecule has 7 nitrogen and oxygen atoms in total. The highest BCUT2D eigenvalue weighted by Crippen LogP contribution is 2.34. The van der Waals surface area contributed by atoms with Crippen LogP contribution >= 0.6 is 11.8 Å². The Labute approximate surface area is 156 Å². The van der Waals surface area contributed by atoms with Gasteiger partial charge in [0.2, 0.25) is 6.79 Å². The van der Waals surface area contributed by atoms with Crippen LogP contribution in [0, 0.1) is 0 Å². The van der Waals surface area contributed by atoms with E-state index in [-0.39, 0.29) is 18.6 Å². The number of thioether (sulfide) groups is 1. The Morgan fingerprint density at radius 2 is 2.15 bits per heavy atom. The van der Waals surface area contributed by atoms with Gasteiger partial charge in [-0.15, -0.1) is 10.2 Å². The van der Waals surface area contributed by atoms with Gasteiger partial charge in [0.05, 0.1) is 0 Å². The van der Waals surface area contributed by atoms with E-state index in [1.54, 1.807) is 30.0 Å². The Kier molecular flexibility index (Phi) is 4.76. The summed E-state index contributed by atoms with van der Waals surface area (Å²) in [4.78, 5) is 14.9. The zero-order chi connectivity index (χ0) is 18.1. The molecule has 1 atom stereocenters. The number of carbonyl (C=O) groups excluding carboxylic acids is 1. The van der Waals surface area contributed by atoms with Crippen molar-refractivity contribution in [2.45, 2.75) is 37.4 Å². The van der Waals surface area contributed by atoms with E-state index in [1.165, 1.54) is 0 Å². The minimum atomic E-state index is 0.0284. The molecule has 0 aliphatic carbocycles. The summed E-state index contributed by atoms with van der Waals surface area (Å²) in [5.41, 5.74) is 0.636. The normalized spacial score (nSPS) is 19.0. The summed E-state index contributed by atoms with van der Waals surface area (Å²) in [7, 11) is 0. The van der Waals surface area contributed by atoms with Crippen molar-refractivity contribution in [3.63, 3.8) is 0 Å². The molecule has 1 amide bonds. The summed E-state index contributed by atoms with van der Waals surface area (Å²) < 4.78 is 12.9. The number of nitrogens with zero attached hydrogens (tertiary/aromatic N) is 4. The molecule has 1 unspecified atom stereocenters. The molecule has 1 saturated heterocycles. The fourth-order valence-electron chi connectivity index (χ4n) is 3.63. The van der Waals surface area contributed by atoms with Gasteiger partial charge in [-0.2, -0.15) is 0 Å². The number of benzene rings is 1. The first kappa shape index (κ1) is 17.2. The van der Waals surface area contributed by atoms with Gasteiger partial charge in [0.1, 0.15) is 5.82 Å². The molecule has 3 heterocycles. The van der Waals surface area contributed by atoms with Crippen LogP contribution in [0.1, 0.15) is 41.9 Å². The zero-order valence-corrected chi connectivity index (χ0v) is 15.8. The van der Waals surface area contributed by atoms with Gasteiger partial charge in [-0.25, -0.2) is 0 Å². The van der Waals surface area contributed by atoms with Crippen molar-refractivity contribution in [2.24, 2.45) is 0 Å². The molecule has 0 bridgehead atoms. The molecule has 2 aliphatic heterocycles. The van der Waals surface area contributed by atoms with E-state index >= 15 is 0 Å². The highest BCUT2D eigenvalue weighted by Gasteiger charge is 2.30. The Morgan fingerprint density at radius 3 is 2.96 bits per heavy atom. The second-order valence-electron chi connectivity index (χ2n) is 6.45. The molecule has 0 N–H and O–H groups in total. The predicted molar refractivity (Wildman–Crippen MR) is 97.9 cm³/mol. The van der Waals surface area contributed by atoms with Gasteiger partial charge < -0.3 is 18.9 Å². The minimum absolute atomic E-state index is 0.0284. The third-order valence-corrected chi connectivity index (χ3v) is 5.60. The van der Waals surface area contributed by atoms with E-state index in [0.717, 1.165) is 36.9 Å². The van der Waals surface area contributed by atoms with Gasteiger partial charge in [0.15, 0.2) is 16.7 Å². The number of fused-ring (bicyclic) bond motifs is 1. The fourth-order valence-corrected chi connectivity index (χ4v) is 4.20. The highest BCUT2D eigenvalue weighted by atomic mass is 32.2. The van der Waals surface area contributed by atoms with Crippen LogP contribution in [-0.4, -0.2) is 51.7 Å². The molecule has 1 aromatic carbocycles. The number of piperidine rings is 1. The number of aromatic nitrogens is 3. The van der Waals surface area contributed by atoms with Crippen molar-refractivity contribution >= 4 is 17.7 Å². The fraction of sp³-hybridized carbons (Fsp3) is 0.500. The quantitative estimate of drug-likeness (QED) is 0.767. The molecule has 0 radical (unpaired) electrons. The standard InChI is InChI=1S/C18H22N4O3S/c1-3-22-16(19-20-18(22)26-2)13-5-4-8-21(10-13)17(23)12-6-7-14-15(9-12)25-11-24-14/h6-7,9,13H,3-5,8,10-11H2,1-2H3. The molecule has 0 spiro atoms. The van der Waals surface area contributed by atoms with Crippen LogP contribution in [0.25, 0.3) is 0 Å². The summed E-state index contributed by atoms with van der Waals surface area (Å²) >= 11 is 1.60. The van der Waals surface area contributed by atoms with Gasteiger partial charge >= 0.3 is 0 Å². The molecule has 26 heavy (non-hydrogen) atoms. The van der Waals surface area contributed by atoms with Crippen molar-refractivity contribution in [3.8, 4) is 11.5 Å². The third kappa shape index (κ3) is 3.02. The van der Waals surface area contributed by atoms with Crippen molar-refractivity contribution < 1.29 is 14.3 Å². The second-order valence-corrected chi connectivity index (χ2v) is 7.22. The smallest absolute Gasteiger partial charge is 0.254 e. The largest absolute Gasteiger partial charge is 0.454 e. The Morgan fingerprint density at radius 1 is 1.31 bits per heavy atom. The summed E-state index contributed by atoms with van der Waals surface area (Å²) in [6, 6.07) is 5.38. The first-order valence-corrected chi connectivity index (χ1v) is 10.1. The number of likely N-dealkylation sites (tertiary alicyclic amines) is 1. The topological polar surface area (TPSA) is 69.5 Å². The van der Waals surface area contributed by atoms with Crippen LogP contribution in [0.4, 0.5) is 0 Å². The first-order chi connectivity index (χ1) is 12.7. The number of rotatable bonds is 4. The molecule has 0 saturated carbocycles. The molecule has 2 aromatic rings. The average Bonchev–Trinajstić information content (AvgIpc) is 3.32. The Hall–Kier alpha value is -2.22. The predicted octanol–water partition coefficient (Wildman–Crippen LogP) is 2.77. The van der Waals surface area contributed by atoms with Gasteiger partial charge in [-0.1, -0.05) is 11.8 Å². The summed E-state index contributed by atoms with van der Waals surface area (Å²) in [6.07, 6.45) is 4.00. The molecule has 1 aromatic heterocycles.